The van der Waals surface area contributed by atoms with Crippen LogP contribution in [0.15, 0.2) is 4.52 Å². The van der Waals surface area contributed by atoms with Crippen molar-refractivity contribution >= 4 is 11.9 Å². The SMILES string of the molecule is Cc1noc(C)c1CN1CC[C@H]2C[C@@H](C(=O)NC(C)C)O[C@H]2C1.O=C(O)C(F)(F)F. The number of amides is 1. The maximum absolute atomic E-state index is 12.2. The minimum absolute atomic E-state index is 0.0340. The summed E-state index contributed by atoms with van der Waals surface area (Å²) in [5.41, 5.74) is 2.14. The van der Waals surface area contributed by atoms with Crippen LogP contribution >= 0.6 is 0 Å². The fourth-order valence-corrected chi connectivity index (χ4v) is 3.64. The molecule has 2 aliphatic heterocycles. The topological polar surface area (TPSA) is 105 Å². The number of fused-ring (bicyclic) bond motifs is 1. The normalized spacial score (nSPS) is 24.2. The predicted octanol–water partition coefficient (Wildman–Crippen LogP) is 2.43. The number of hydrogen-bond acceptors (Lipinski definition) is 6. The average Bonchev–Trinajstić information content (AvgIpc) is 3.19. The third-order valence-electron chi connectivity index (χ3n) is 5.16. The highest BCUT2D eigenvalue weighted by Crippen LogP contribution is 2.34. The minimum atomic E-state index is -5.08. The number of carboxylic acid groups (broad SMARTS) is 1. The Hall–Kier alpha value is -2.14. The lowest BCUT2D eigenvalue weighted by molar-refractivity contribution is -0.192. The lowest BCUT2D eigenvalue weighted by Gasteiger charge is -2.33. The van der Waals surface area contributed by atoms with Gasteiger partial charge in [-0.2, -0.15) is 13.2 Å². The first-order valence-corrected chi connectivity index (χ1v) is 9.78. The molecule has 0 spiro atoms. The first-order chi connectivity index (χ1) is 13.9. The number of alkyl halides is 3. The van der Waals surface area contributed by atoms with E-state index in [1.54, 1.807) is 0 Å². The zero-order valence-electron chi connectivity index (χ0n) is 17.5. The number of nitrogens with zero attached hydrogens (tertiary/aromatic N) is 2. The zero-order valence-corrected chi connectivity index (χ0v) is 17.5. The molecule has 3 atom stereocenters. The lowest BCUT2D eigenvalue weighted by atomic mass is 9.91. The molecule has 0 aliphatic carbocycles. The van der Waals surface area contributed by atoms with Crippen LogP contribution in [-0.2, 0) is 20.9 Å². The third-order valence-corrected chi connectivity index (χ3v) is 5.16. The van der Waals surface area contributed by atoms with E-state index in [-0.39, 0.29) is 24.2 Å². The number of nitrogens with one attached hydrogen (secondary N) is 1. The smallest absolute Gasteiger partial charge is 0.475 e. The summed E-state index contributed by atoms with van der Waals surface area (Å²) in [6.07, 6.45) is -3.28. The highest BCUT2D eigenvalue weighted by molar-refractivity contribution is 5.81. The summed E-state index contributed by atoms with van der Waals surface area (Å²) >= 11 is 0. The van der Waals surface area contributed by atoms with Gasteiger partial charge in [0.2, 0.25) is 5.91 Å². The lowest BCUT2D eigenvalue weighted by Crippen LogP contribution is -2.42. The first-order valence-electron chi connectivity index (χ1n) is 9.78. The average molecular weight is 435 g/mol. The molecule has 2 N–H and O–H groups in total. The highest BCUT2D eigenvalue weighted by Gasteiger charge is 2.42. The molecule has 8 nitrogen and oxygen atoms in total. The van der Waals surface area contributed by atoms with Crippen LogP contribution in [0.3, 0.4) is 0 Å². The van der Waals surface area contributed by atoms with Crippen LogP contribution in [0.5, 0.6) is 0 Å². The van der Waals surface area contributed by atoms with Gasteiger partial charge in [-0.15, -0.1) is 0 Å². The van der Waals surface area contributed by atoms with Crippen molar-refractivity contribution in [3.63, 3.8) is 0 Å². The standard InChI is InChI=1S/C17H27N3O3.C2HF3O2/c1-10(2)18-17(21)15-7-13-5-6-20(9-16(13)22-15)8-14-11(3)19-23-12(14)4;3-2(4,5)1(6)7/h10,13,15-16H,5-9H2,1-4H3,(H,18,21);(H,6,7)/t13-,15-,16-;/m0./s1. The summed E-state index contributed by atoms with van der Waals surface area (Å²) in [6.45, 7) is 10.7. The van der Waals surface area contributed by atoms with Crippen LogP contribution in [0.4, 0.5) is 13.2 Å². The number of aliphatic carboxylic acids is 1. The molecule has 0 bridgehead atoms. The Morgan fingerprint density at radius 3 is 2.47 bits per heavy atom. The van der Waals surface area contributed by atoms with E-state index in [1.165, 1.54) is 5.56 Å². The fourth-order valence-electron chi connectivity index (χ4n) is 3.64. The number of carbonyl (C=O) groups excluding carboxylic acids is 1. The fraction of sp³-hybridized carbons (Fsp3) is 0.737. The third kappa shape index (κ3) is 6.43. The number of ether oxygens (including phenoxy) is 1. The molecule has 30 heavy (non-hydrogen) atoms. The molecular weight excluding hydrogens is 407 g/mol. The van der Waals surface area contributed by atoms with E-state index in [4.69, 9.17) is 19.2 Å². The van der Waals surface area contributed by atoms with Crippen LogP contribution in [0.25, 0.3) is 0 Å². The van der Waals surface area contributed by atoms with Gasteiger partial charge >= 0.3 is 12.1 Å². The van der Waals surface area contributed by atoms with Gasteiger partial charge in [-0.25, -0.2) is 4.79 Å². The van der Waals surface area contributed by atoms with Gasteiger partial charge in [-0.3, -0.25) is 9.69 Å². The molecular formula is C19H28F3N3O5. The van der Waals surface area contributed by atoms with Crippen molar-refractivity contribution in [1.29, 1.82) is 0 Å². The Labute approximate surface area is 172 Å². The van der Waals surface area contributed by atoms with Crippen molar-refractivity contribution in [3.05, 3.63) is 17.0 Å². The molecule has 170 valence electrons. The number of hydrogen-bond donors (Lipinski definition) is 2. The summed E-state index contributed by atoms with van der Waals surface area (Å²) in [5.74, 6) is -1.33. The molecule has 0 unspecified atom stereocenters. The minimum Gasteiger partial charge on any atom is -0.475 e. The molecule has 3 heterocycles. The molecule has 2 fully saturated rings. The predicted molar refractivity (Wildman–Crippen MR) is 99.6 cm³/mol. The molecule has 2 saturated heterocycles. The van der Waals surface area contributed by atoms with Crippen molar-refractivity contribution in [2.24, 2.45) is 5.92 Å². The molecule has 2 aliphatic rings. The Bertz CT molecular complexity index is 731. The van der Waals surface area contributed by atoms with E-state index in [0.29, 0.717) is 5.92 Å². The summed E-state index contributed by atoms with van der Waals surface area (Å²) in [7, 11) is 0. The van der Waals surface area contributed by atoms with Crippen molar-refractivity contribution in [3.8, 4) is 0 Å². The Morgan fingerprint density at radius 1 is 1.33 bits per heavy atom. The summed E-state index contributed by atoms with van der Waals surface area (Å²) < 4.78 is 43.0. The van der Waals surface area contributed by atoms with E-state index in [9.17, 15) is 18.0 Å². The van der Waals surface area contributed by atoms with Crippen molar-refractivity contribution in [2.45, 2.75) is 71.5 Å². The molecule has 0 aromatic carbocycles. The number of carbonyl (C=O) groups is 2. The number of aromatic nitrogens is 1. The second kappa shape index (κ2) is 9.78. The van der Waals surface area contributed by atoms with Gasteiger partial charge in [0.15, 0.2) is 0 Å². The van der Waals surface area contributed by atoms with Gasteiger partial charge in [-0.05, 0) is 53.0 Å². The number of carboxylic acids is 1. The molecule has 1 aromatic rings. The van der Waals surface area contributed by atoms with Gasteiger partial charge in [0, 0.05) is 24.7 Å². The zero-order chi connectivity index (χ0) is 22.6. The van der Waals surface area contributed by atoms with Crippen LogP contribution in [0.2, 0.25) is 0 Å². The first kappa shape index (κ1) is 24.1. The van der Waals surface area contributed by atoms with Gasteiger partial charge in [0.25, 0.3) is 0 Å². The van der Waals surface area contributed by atoms with Gasteiger partial charge in [-0.1, -0.05) is 5.16 Å². The van der Waals surface area contributed by atoms with E-state index in [1.807, 2.05) is 27.7 Å². The monoisotopic (exact) mass is 435 g/mol. The number of halogens is 3. The maximum Gasteiger partial charge on any atom is 0.490 e. The Balaban J connectivity index is 0.000000396. The van der Waals surface area contributed by atoms with E-state index >= 15 is 0 Å². The number of aryl methyl sites for hydroxylation is 2. The van der Waals surface area contributed by atoms with E-state index in [0.717, 1.165) is 43.9 Å². The van der Waals surface area contributed by atoms with Gasteiger partial charge < -0.3 is 19.7 Å². The summed E-state index contributed by atoms with van der Waals surface area (Å²) in [5, 5.41) is 14.1. The highest BCUT2D eigenvalue weighted by atomic mass is 19.4. The molecule has 1 aromatic heterocycles. The molecule has 0 radical (unpaired) electrons. The van der Waals surface area contributed by atoms with Crippen LogP contribution in [-0.4, -0.2) is 64.6 Å². The van der Waals surface area contributed by atoms with Crippen LogP contribution in [0.1, 0.15) is 43.7 Å². The number of likely N-dealkylation sites (tertiary alicyclic amines) is 1. The van der Waals surface area contributed by atoms with Gasteiger partial charge in [0.1, 0.15) is 11.9 Å². The quantitative estimate of drug-likeness (QED) is 0.748. The number of rotatable bonds is 4. The van der Waals surface area contributed by atoms with Crippen LogP contribution < -0.4 is 5.32 Å². The molecule has 3 rings (SSSR count). The van der Waals surface area contributed by atoms with Gasteiger partial charge in [0.05, 0.1) is 11.8 Å². The van der Waals surface area contributed by atoms with Crippen LogP contribution in [0, 0.1) is 19.8 Å². The largest absolute Gasteiger partial charge is 0.490 e. The number of piperidine rings is 1. The van der Waals surface area contributed by atoms with Crippen molar-refractivity contribution in [2.75, 3.05) is 13.1 Å². The summed E-state index contributed by atoms with van der Waals surface area (Å²) in [6, 6.07) is 0.157. The molecule has 11 heteroatoms. The summed E-state index contributed by atoms with van der Waals surface area (Å²) in [4.78, 5) is 23.4. The van der Waals surface area contributed by atoms with Crippen molar-refractivity contribution in [1.82, 2.24) is 15.4 Å². The molecule has 1 amide bonds. The molecule has 0 saturated carbocycles. The Morgan fingerprint density at radius 2 is 1.97 bits per heavy atom. The second-order valence-electron chi connectivity index (χ2n) is 7.95. The van der Waals surface area contributed by atoms with Crippen molar-refractivity contribution < 1.29 is 37.1 Å². The van der Waals surface area contributed by atoms with E-state index < -0.39 is 12.1 Å². The Kier molecular flexibility index (Phi) is 7.87. The van der Waals surface area contributed by atoms with E-state index in [2.05, 4.69) is 15.4 Å². The maximum atomic E-state index is 12.2. The second-order valence-corrected chi connectivity index (χ2v) is 7.95.